The second-order valence-electron chi connectivity index (χ2n) is 4.58. The minimum absolute atomic E-state index is 0.311. The Morgan fingerprint density at radius 1 is 1.42 bits per heavy atom. The van der Waals surface area contributed by atoms with Crippen molar-refractivity contribution in [3.63, 3.8) is 0 Å². The molecule has 5 heteroatoms. The number of benzene rings is 1. The molecule has 104 valence electrons. The van der Waals surface area contributed by atoms with E-state index in [1.54, 1.807) is 32.2 Å². The molecule has 2 N–H and O–H groups in total. The molecular formula is C14H19NO4. The first-order valence-electron chi connectivity index (χ1n) is 6.06. The van der Waals surface area contributed by atoms with Crippen molar-refractivity contribution in [2.75, 3.05) is 7.11 Å². The predicted molar refractivity (Wildman–Crippen MR) is 71.0 cm³/mol. The molecule has 1 atom stereocenters. The normalized spacial score (nSPS) is 13.6. The first-order chi connectivity index (χ1) is 8.92. The third-order valence-electron chi connectivity index (χ3n) is 3.07. The van der Waals surface area contributed by atoms with Gasteiger partial charge in [0, 0.05) is 12.7 Å². The average Bonchev–Trinajstić information content (AvgIpc) is 2.39. The van der Waals surface area contributed by atoms with Crippen molar-refractivity contribution in [2.24, 2.45) is 0 Å². The summed E-state index contributed by atoms with van der Waals surface area (Å²) >= 11 is 0. The zero-order valence-corrected chi connectivity index (χ0v) is 11.4. The minimum Gasteiger partial charge on any atom is -0.480 e. The SMILES string of the molecule is CCC(C)(NC(=O)c1cccc(COC)c1)C(=O)O. The molecule has 19 heavy (non-hydrogen) atoms. The van der Waals surface area contributed by atoms with Crippen LogP contribution in [0.5, 0.6) is 0 Å². The number of carbonyl (C=O) groups is 2. The van der Waals surface area contributed by atoms with Crippen molar-refractivity contribution < 1.29 is 19.4 Å². The standard InChI is InChI=1S/C14H19NO4/c1-4-14(2,13(17)18)15-12(16)11-7-5-6-10(8-11)9-19-3/h5-8H,4,9H2,1-3H3,(H,15,16)(H,17,18). The lowest BCUT2D eigenvalue weighted by molar-refractivity contribution is -0.143. The van der Waals surface area contributed by atoms with Gasteiger partial charge in [-0.15, -0.1) is 0 Å². The highest BCUT2D eigenvalue weighted by Gasteiger charge is 2.32. The van der Waals surface area contributed by atoms with Crippen LogP contribution in [-0.4, -0.2) is 29.6 Å². The fraction of sp³-hybridized carbons (Fsp3) is 0.429. The number of methoxy groups -OCH3 is 1. The molecule has 1 unspecified atom stereocenters. The van der Waals surface area contributed by atoms with Gasteiger partial charge in [0.1, 0.15) is 5.54 Å². The smallest absolute Gasteiger partial charge is 0.329 e. The topological polar surface area (TPSA) is 75.6 Å². The van der Waals surface area contributed by atoms with Crippen molar-refractivity contribution in [3.8, 4) is 0 Å². The maximum absolute atomic E-state index is 12.1. The average molecular weight is 265 g/mol. The minimum atomic E-state index is -1.26. The van der Waals surface area contributed by atoms with Crippen LogP contribution in [0.4, 0.5) is 0 Å². The van der Waals surface area contributed by atoms with E-state index in [0.29, 0.717) is 18.6 Å². The maximum Gasteiger partial charge on any atom is 0.329 e. The molecule has 0 aliphatic heterocycles. The maximum atomic E-state index is 12.1. The summed E-state index contributed by atoms with van der Waals surface area (Å²) in [6.07, 6.45) is 0.311. The van der Waals surface area contributed by atoms with Gasteiger partial charge in [0.2, 0.25) is 0 Å². The lowest BCUT2D eigenvalue weighted by Gasteiger charge is -2.24. The third kappa shape index (κ3) is 3.79. The van der Waals surface area contributed by atoms with Gasteiger partial charge in [-0.25, -0.2) is 4.79 Å². The van der Waals surface area contributed by atoms with Crippen LogP contribution in [0.15, 0.2) is 24.3 Å². The number of rotatable bonds is 6. The molecule has 0 aliphatic carbocycles. The zero-order valence-electron chi connectivity index (χ0n) is 11.4. The van der Waals surface area contributed by atoms with Crippen LogP contribution in [0.25, 0.3) is 0 Å². The van der Waals surface area contributed by atoms with E-state index < -0.39 is 17.4 Å². The number of carboxylic acids is 1. The number of ether oxygens (including phenoxy) is 1. The summed E-state index contributed by atoms with van der Waals surface area (Å²) in [6, 6.07) is 6.92. The van der Waals surface area contributed by atoms with Crippen LogP contribution in [0.1, 0.15) is 36.2 Å². The Morgan fingerprint density at radius 3 is 2.63 bits per heavy atom. The lowest BCUT2D eigenvalue weighted by Crippen LogP contribution is -2.51. The number of carbonyl (C=O) groups excluding carboxylic acids is 1. The van der Waals surface area contributed by atoms with Crippen LogP contribution in [-0.2, 0) is 16.1 Å². The van der Waals surface area contributed by atoms with Crippen LogP contribution in [0, 0.1) is 0 Å². The second-order valence-corrected chi connectivity index (χ2v) is 4.58. The van der Waals surface area contributed by atoms with Crippen LogP contribution >= 0.6 is 0 Å². The first kappa shape index (κ1) is 15.2. The number of hydrogen-bond donors (Lipinski definition) is 2. The van der Waals surface area contributed by atoms with Gasteiger partial charge < -0.3 is 15.2 Å². The Kier molecular flexibility index (Phi) is 5.06. The van der Waals surface area contributed by atoms with Crippen molar-refractivity contribution in [3.05, 3.63) is 35.4 Å². The van der Waals surface area contributed by atoms with E-state index in [2.05, 4.69) is 5.32 Å². The molecule has 5 nitrogen and oxygen atoms in total. The number of carboxylic acid groups (broad SMARTS) is 1. The zero-order chi connectivity index (χ0) is 14.5. The molecule has 1 amide bonds. The van der Waals surface area contributed by atoms with Crippen molar-refractivity contribution >= 4 is 11.9 Å². The van der Waals surface area contributed by atoms with E-state index in [1.165, 1.54) is 6.92 Å². The quantitative estimate of drug-likeness (QED) is 0.822. The summed E-state index contributed by atoms with van der Waals surface area (Å²) in [4.78, 5) is 23.2. The molecule has 0 heterocycles. The molecule has 1 aromatic rings. The highest BCUT2D eigenvalue weighted by atomic mass is 16.5. The van der Waals surface area contributed by atoms with E-state index in [1.807, 2.05) is 6.07 Å². The fourth-order valence-electron chi connectivity index (χ4n) is 1.58. The summed E-state index contributed by atoms with van der Waals surface area (Å²) in [5.41, 5.74) is 0.0353. The summed E-state index contributed by atoms with van der Waals surface area (Å²) < 4.78 is 5.00. The molecule has 1 rings (SSSR count). The van der Waals surface area contributed by atoms with E-state index in [0.717, 1.165) is 5.56 Å². The number of aliphatic carboxylic acids is 1. The van der Waals surface area contributed by atoms with E-state index in [9.17, 15) is 9.59 Å². The summed E-state index contributed by atoms with van der Waals surface area (Å²) in [6.45, 7) is 3.62. The second kappa shape index (κ2) is 6.33. The summed E-state index contributed by atoms with van der Waals surface area (Å²) in [7, 11) is 1.57. The lowest BCUT2D eigenvalue weighted by atomic mass is 9.98. The molecule has 0 aliphatic rings. The van der Waals surface area contributed by atoms with Crippen molar-refractivity contribution in [1.29, 1.82) is 0 Å². The highest BCUT2D eigenvalue weighted by Crippen LogP contribution is 2.12. The number of nitrogens with one attached hydrogen (secondary N) is 1. The van der Waals surface area contributed by atoms with Crippen LogP contribution < -0.4 is 5.32 Å². The Balaban J connectivity index is 2.89. The van der Waals surface area contributed by atoms with Gasteiger partial charge in [-0.1, -0.05) is 19.1 Å². The predicted octanol–water partition coefficient (Wildman–Crippen LogP) is 1.82. The molecule has 0 radical (unpaired) electrons. The van der Waals surface area contributed by atoms with Gasteiger partial charge >= 0.3 is 5.97 Å². The van der Waals surface area contributed by atoms with Gasteiger partial charge in [-0.3, -0.25) is 4.79 Å². The molecule has 0 spiro atoms. The van der Waals surface area contributed by atoms with Crippen molar-refractivity contribution in [1.82, 2.24) is 5.32 Å². The molecule has 1 aromatic carbocycles. The Hall–Kier alpha value is -1.88. The highest BCUT2D eigenvalue weighted by molar-refractivity contribution is 5.97. The molecule has 0 aromatic heterocycles. The molecule has 0 fully saturated rings. The Morgan fingerprint density at radius 2 is 2.11 bits per heavy atom. The Bertz CT molecular complexity index is 472. The molecule has 0 bridgehead atoms. The van der Waals surface area contributed by atoms with Gasteiger partial charge in [-0.05, 0) is 31.0 Å². The van der Waals surface area contributed by atoms with E-state index in [-0.39, 0.29) is 0 Å². The number of amides is 1. The largest absolute Gasteiger partial charge is 0.480 e. The molecule has 0 saturated carbocycles. The third-order valence-corrected chi connectivity index (χ3v) is 3.07. The van der Waals surface area contributed by atoms with Crippen molar-refractivity contribution in [2.45, 2.75) is 32.4 Å². The Labute approximate surface area is 112 Å². The first-order valence-corrected chi connectivity index (χ1v) is 6.06. The van der Waals surface area contributed by atoms with Crippen LogP contribution in [0.3, 0.4) is 0 Å². The number of hydrogen-bond acceptors (Lipinski definition) is 3. The van der Waals surface area contributed by atoms with E-state index >= 15 is 0 Å². The van der Waals surface area contributed by atoms with Gasteiger partial charge in [-0.2, -0.15) is 0 Å². The fourth-order valence-corrected chi connectivity index (χ4v) is 1.58. The van der Waals surface area contributed by atoms with Crippen LogP contribution in [0.2, 0.25) is 0 Å². The summed E-state index contributed by atoms with van der Waals surface area (Å²) in [5, 5.41) is 11.7. The van der Waals surface area contributed by atoms with Gasteiger partial charge in [0.15, 0.2) is 0 Å². The molecular weight excluding hydrogens is 246 g/mol. The summed E-state index contributed by atoms with van der Waals surface area (Å²) in [5.74, 6) is -1.44. The van der Waals surface area contributed by atoms with E-state index in [4.69, 9.17) is 9.84 Å². The van der Waals surface area contributed by atoms with Gasteiger partial charge in [0.05, 0.1) is 6.61 Å². The monoisotopic (exact) mass is 265 g/mol. The van der Waals surface area contributed by atoms with Gasteiger partial charge in [0.25, 0.3) is 5.91 Å². The molecule has 0 saturated heterocycles.